The zero-order valence-corrected chi connectivity index (χ0v) is 12.4. The fourth-order valence-electron chi connectivity index (χ4n) is 1.65. The Bertz CT molecular complexity index is 703. The molecule has 0 aliphatic rings. The van der Waals surface area contributed by atoms with E-state index in [1.807, 2.05) is 0 Å². The van der Waals surface area contributed by atoms with Crippen LogP contribution < -0.4 is 5.32 Å². The molecule has 0 saturated carbocycles. The summed E-state index contributed by atoms with van der Waals surface area (Å²) in [5, 5.41) is 15.4. The summed E-state index contributed by atoms with van der Waals surface area (Å²) in [5.74, 6) is -0.850. The molecule has 0 spiro atoms. The fourth-order valence-corrected chi connectivity index (χ4v) is 1.65. The van der Waals surface area contributed by atoms with Gasteiger partial charge < -0.3 is 9.84 Å². The minimum absolute atomic E-state index is 0.117. The summed E-state index contributed by atoms with van der Waals surface area (Å²) in [6.07, 6.45) is 2.33. The van der Waals surface area contributed by atoms with E-state index in [0.717, 1.165) is 0 Å². The van der Waals surface area contributed by atoms with Gasteiger partial charge in [0.05, 0.1) is 5.69 Å². The van der Waals surface area contributed by atoms with Crippen LogP contribution in [0.2, 0.25) is 0 Å². The number of hydrogen-bond acceptors (Lipinski definition) is 5. The van der Waals surface area contributed by atoms with Crippen LogP contribution in [0.5, 0.6) is 0 Å². The molecular weight excluding hydrogens is 288 g/mol. The summed E-state index contributed by atoms with van der Waals surface area (Å²) >= 11 is 0. The molecule has 1 amide bonds. The Kier molecular flexibility index (Phi) is 4.11. The van der Waals surface area contributed by atoms with Gasteiger partial charge in [0.25, 0.3) is 0 Å². The summed E-state index contributed by atoms with van der Waals surface area (Å²) in [6, 6.07) is 4.60. The van der Waals surface area contributed by atoms with E-state index >= 15 is 0 Å². The zero-order chi connectivity index (χ0) is 16.3. The van der Waals surface area contributed by atoms with Crippen LogP contribution in [0.15, 0.2) is 30.6 Å². The van der Waals surface area contributed by atoms with Crippen molar-refractivity contribution in [3.8, 4) is 5.82 Å². The molecule has 0 radical (unpaired) electrons. The van der Waals surface area contributed by atoms with Gasteiger partial charge in [-0.2, -0.15) is 5.10 Å². The minimum Gasteiger partial charge on any atom is -0.476 e. The lowest BCUT2D eigenvalue weighted by Crippen LogP contribution is -2.27. The lowest BCUT2D eigenvalue weighted by molar-refractivity contribution is 0.0633. The smallest absolute Gasteiger partial charge is 0.412 e. The number of nitrogens with zero attached hydrogens (tertiary/aromatic N) is 3. The molecule has 2 N–H and O–H groups in total. The maximum Gasteiger partial charge on any atom is 0.412 e. The van der Waals surface area contributed by atoms with Gasteiger partial charge in [0, 0.05) is 12.4 Å². The second-order valence-electron chi connectivity index (χ2n) is 5.45. The molecule has 22 heavy (non-hydrogen) atoms. The van der Waals surface area contributed by atoms with Crippen molar-refractivity contribution in [3.05, 3.63) is 36.3 Å². The molecule has 2 rings (SSSR count). The second kappa shape index (κ2) is 5.84. The highest BCUT2D eigenvalue weighted by molar-refractivity contribution is 5.87. The molecular formula is C14H16N4O4. The number of carbonyl (C=O) groups is 2. The van der Waals surface area contributed by atoms with Crippen molar-refractivity contribution in [1.82, 2.24) is 14.8 Å². The van der Waals surface area contributed by atoms with E-state index in [1.54, 1.807) is 32.9 Å². The van der Waals surface area contributed by atoms with Gasteiger partial charge in [-0.15, -0.1) is 0 Å². The quantitative estimate of drug-likeness (QED) is 0.901. The van der Waals surface area contributed by atoms with E-state index in [0.29, 0.717) is 11.5 Å². The lowest BCUT2D eigenvalue weighted by atomic mass is 10.2. The molecule has 116 valence electrons. The number of anilines is 1. The Labute approximate surface area is 126 Å². The standard InChI is InChI=1S/C14H16N4O4/c1-14(2,3)22-13(21)16-9-5-4-7-15-11(9)18-8-6-10(17-18)12(19)20/h4-8H,1-3H3,(H,16,21)(H,19,20). The topological polar surface area (TPSA) is 106 Å². The van der Waals surface area contributed by atoms with Gasteiger partial charge in [-0.3, -0.25) is 5.32 Å². The number of carboxylic acid groups (broad SMARTS) is 1. The van der Waals surface area contributed by atoms with Gasteiger partial charge >= 0.3 is 12.1 Å². The molecule has 8 nitrogen and oxygen atoms in total. The molecule has 2 aromatic rings. The van der Waals surface area contributed by atoms with Crippen molar-refractivity contribution in [2.45, 2.75) is 26.4 Å². The first-order chi connectivity index (χ1) is 10.3. The molecule has 0 bridgehead atoms. The van der Waals surface area contributed by atoms with Crippen LogP contribution in [0.25, 0.3) is 5.82 Å². The molecule has 0 aliphatic heterocycles. The lowest BCUT2D eigenvalue weighted by Gasteiger charge is -2.20. The van der Waals surface area contributed by atoms with E-state index in [4.69, 9.17) is 9.84 Å². The zero-order valence-electron chi connectivity index (χ0n) is 12.4. The summed E-state index contributed by atoms with van der Waals surface area (Å²) in [7, 11) is 0. The van der Waals surface area contributed by atoms with Gasteiger partial charge in [-0.05, 0) is 39.0 Å². The Morgan fingerprint density at radius 1 is 1.32 bits per heavy atom. The number of rotatable bonds is 3. The van der Waals surface area contributed by atoms with Gasteiger partial charge in [0.15, 0.2) is 11.5 Å². The Hall–Kier alpha value is -2.90. The van der Waals surface area contributed by atoms with E-state index in [2.05, 4.69) is 15.4 Å². The van der Waals surface area contributed by atoms with Crippen molar-refractivity contribution in [3.63, 3.8) is 0 Å². The van der Waals surface area contributed by atoms with Crippen LogP contribution in [-0.4, -0.2) is 37.5 Å². The molecule has 0 fully saturated rings. The maximum atomic E-state index is 11.8. The second-order valence-corrected chi connectivity index (χ2v) is 5.45. The maximum absolute atomic E-state index is 11.8. The van der Waals surface area contributed by atoms with Gasteiger partial charge in [-0.1, -0.05) is 0 Å². The van der Waals surface area contributed by atoms with Crippen molar-refractivity contribution >= 4 is 17.7 Å². The van der Waals surface area contributed by atoms with E-state index in [-0.39, 0.29) is 5.69 Å². The SMILES string of the molecule is CC(C)(C)OC(=O)Nc1cccnc1-n1ccc(C(=O)O)n1. The summed E-state index contributed by atoms with van der Waals surface area (Å²) in [5.41, 5.74) is -0.389. The predicted molar refractivity (Wildman–Crippen MR) is 78.2 cm³/mol. The summed E-state index contributed by atoms with van der Waals surface area (Å²) < 4.78 is 6.45. The number of pyridine rings is 1. The number of hydrogen-bond donors (Lipinski definition) is 2. The Morgan fingerprint density at radius 3 is 2.64 bits per heavy atom. The highest BCUT2D eigenvalue weighted by Gasteiger charge is 2.18. The molecule has 0 aliphatic carbocycles. The highest BCUT2D eigenvalue weighted by Crippen LogP contribution is 2.18. The number of ether oxygens (including phenoxy) is 1. The van der Waals surface area contributed by atoms with Crippen molar-refractivity contribution in [2.75, 3.05) is 5.32 Å². The predicted octanol–water partition coefficient (Wildman–Crippen LogP) is 2.31. The van der Waals surface area contributed by atoms with Crippen LogP contribution in [0, 0.1) is 0 Å². The van der Waals surface area contributed by atoms with Crippen molar-refractivity contribution in [2.24, 2.45) is 0 Å². The molecule has 2 aromatic heterocycles. The van der Waals surface area contributed by atoms with Crippen LogP contribution in [-0.2, 0) is 4.74 Å². The van der Waals surface area contributed by atoms with Crippen LogP contribution in [0.1, 0.15) is 31.3 Å². The van der Waals surface area contributed by atoms with Crippen molar-refractivity contribution < 1.29 is 19.4 Å². The van der Waals surface area contributed by atoms with Gasteiger partial charge in [0.2, 0.25) is 0 Å². The van der Waals surface area contributed by atoms with E-state index in [9.17, 15) is 9.59 Å². The number of carbonyl (C=O) groups excluding carboxylic acids is 1. The van der Waals surface area contributed by atoms with E-state index < -0.39 is 17.7 Å². The summed E-state index contributed by atoms with van der Waals surface area (Å²) in [6.45, 7) is 5.26. The fraction of sp³-hybridized carbons (Fsp3) is 0.286. The first-order valence-electron chi connectivity index (χ1n) is 6.50. The highest BCUT2D eigenvalue weighted by atomic mass is 16.6. The molecule has 0 atom stereocenters. The Morgan fingerprint density at radius 2 is 2.05 bits per heavy atom. The Balaban J connectivity index is 2.26. The molecule has 0 unspecified atom stereocenters. The third-order valence-corrected chi connectivity index (χ3v) is 2.45. The number of nitrogens with one attached hydrogen (secondary N) is 1. The summed E-state index contributed by atoms with van der Waals surface area (Å²) in [4.78, 5) is 26.8. The molecule has 8 heteroatoms. The first kappa shape index (κ1) is 15.5. The average Bonchev–Trinajstić information content (AvgIpc) is 2.86. The van der Waals surface area contributed by atoms with Crippen LogP contribution in [0.3, 0.4) is 0 Å². The molecule has 0 saturated heterocycles. The van der Waals surface area contributed by atoms with Crippen LogP contribution >= 0.6 is 0 Å². The normalized spacial score (nSPS) is 11.0. The number of amides is 1. The molecule has 2 heterocycles. The number of carboxylic acids is 1. The van der Waals surface area contributed by atoms with Crippen LogP contribution in [0.4, 0.5) is 10.5 Å². The largest absolute Gasteiger partial charge is 0.476 e. The number of aromatic nitrogens is 3. The minimum atomic E-state index is -1.14. The van der Waals surface area contributed by atoms with Crippen molar-refractivity contribution in [1.29, 1.82) is 0 Å². The monoisotopic (exact) mass is 304 g/mol. The molecule has 0 aromatic carbocycles. The third kappa shape index (κ3) is 3.81. The number of aromatic carboxylic acids is 1. The van der Waals surface area contributed by atoms with E-state index in [1.165, 1.54) is 23.1 Å². The van der Waals surface area contributed by atoms with Gasteiger partial charge in [0.1, 0.15) is 5.60 Å². The van der Waals surface area contributed by atoms with Gasteiger partial charge in [-0.25, -0.2) is 19.3 Å². The first-order valence-corrected chi connectivity index (χ1v) is 6.50. The third-order valence-electron chi connectivity index (χ3n) is 2.45. The average molecular weight is 304 g/mol.